The summed E-state index contributed by atoms with van der Waals surface area (Å²) >= 11 is 7.74. The maximum atomic E-state index is 7.56. The van der Waals surface area contributed by atoms with Crippen molar-refractivity contribution in [1.82, 2.24) is 0 Å². The van der Waals surface area contributed by atoms with Crippen LogP contribution in [0.1, 0.15) is 13.3 Å². The van der Waals surface area contributed by atoms with E-state index in [-0.39, 0.29) is 0 Å². The molecule has 0 saturated carbocycles. The van der Waals surface area contributed by atoms with E-state index in [1.54, 1.807) is 0 Å². The second kappa shape index (κ2) is 16.6. The van der Waals surface area contributed by atoms with Gasteiger partial charge in [-0.25, -0.2) is 0 Å². The lowest BCUT2D eigenvalue weighted by Crippen LogP contribution is -2.03. The van der Waals surface area contributed by atoms with Crippen molar-refractivity contribution in [3.63, 3.8) is 0 Å². The van der Waals surface area contributed by atoms with Crippen molar-refractivity contribution in [1.29, 1.82) is 0 Å². The monoisotopic (exact) mass is 210 g/mol. The molecule has 72 valence electrons. The Morgan fingerprint density at radius 3 is 1.42 bits per heavy atom. The number of nitrogens with two attached hydrogens (primary N) is 2. The van der Waals surface area contributed by atoms with Gasteiger partial charge < -0.3 is 21.7 Å². The van der Waals surface area contributed by atoms with Gasteiger partial charge in [0.2, 0.25) is 0 Å². The Hall–Kier alpha value is -0.880. The minimum absolute atomic E-state index is 0.500. The zero-order valence-corrected chi connectivity index (χ0v) is 8.49. The molecular formula is C6H14N2O2S2. The molecule has 0 aromatic carbocycles. The first-order chi connectivity index (χ1) is 5.38. The van der Waals surface area contributed by atoms with Crippen molar-refractivity contribution in [3.8, 4) is 0 Å². The van der Waals surface area contributed by atoms with Crippen molar-refractivity contribution in [2.45, 2.75) is 13.3 Å². The predicted molar refractivity (Wildman–Crippen MR) is 59.3 cm³/mol. The quantitative estimate of drug-likeness (QED) is 0.383. The lowest BCUT2D eigenvalue weighted by atomic mass is 10.5. The fourth-order valence-corrected chi connectivity index (χ4v) is 0. The summed E-state index contributed by atoms with van der Waals surface area (Å²) in [7, 11) is 0. The molecule has 0 aliphatic rings. The molecule has 0 aromatic heterocycles. The van der Waals surface area contributed by atoms with Gasteiger partial charge in [-0.05, 0) is 30.9 Å². The SMILES string of the molecule is C=CCC.NC(O)=S.NC(O)=S. The van der Waals surface area contributed by atoms with E-state index in [2.05, 4.69) is 49.4 Å². The highest BCUT2D eigenvalue weighted by molar-refractivity contribution is 7.80. The van der Waals surface area contributed by atoms with E-state index in [4.69, 9.17) is 10.2 Å². The zero-order chi connectivity index (χ0) is 10.6. The van der Waals surface area contributed by atoms with Crippen molar-refractivity contribution in [2.75, 3.05) is 0 Å². The highest BCUT2D eigenvalue weighted by Gasteiger charge is 1.57. The highest BCUT2D eigenvalue weighted by atomic mass is 32.1. The normalized spacial score (nSPS) is 6.08. The Bertz CT molecular complexity index is 120. The summed E-state index contributed by atoms with van der Waals surface area (Å²) in [4.78, 5) is 0. The maximum absolute atomic E-state index is 7.56. The first-order valence-corrected chi connectivity index (χ1v) is 3.77. The van der Waals surface area contributed by atoms with E-state index >= 15 is 0 Å². The van der Waals surface area contributed by atoms with Crippen LogP contribution < -0.4 is 11.5 Å². The van der Waals surface area contributed by atoms with Crippen LogP contribution in [-0.4, -0.2) is 20.6 Å². The molecule has 0 saturated heterocycles. The average molecular weight is 210 g/mol. The highest BCUT2D eigenvalue weighted by Crippen LogP contribution is 1.66. The summed E-state index contributed by atoms with van der Waals surface area (Å²) in [5.74, 6) is 0. The summed E-state index contributed by atoms with van der Waals surface area (Å²) in [6.45, 7) is 5.54. The average Bonchev–Trinajstić information content (AvgIpc) is 1.85. The smallest absolute Gasteiger partial charge is 0.251 e. The number of aliphatic hydroxyl groups is 2. The molecule has 0 unspecified atom stereocenters. The number of aliphatic hydroxyl groups excluding tert-OH is 2. The van der Waals surface area contributed by atoms with Crippen LogP contribution in [0.5, 0.6) is 0 Å². The number of rotatable bonds is 1. The Labute approximate surface area is 82.9 Å². The van der Waals surface area contributed by atoms with E-state index in [1.165, 1.54) is 0 Å². The predicted octanol–water partition coefficient (Wildman–Crippen LogP) is 1.16. The molecule has 4 nitrogen and oxygen atoms in total. The Morgan fingerprint density at radius 2 is 1.42 bits per heavy atom. The largest absolute Gasteiger partial charge is 0.487 e. The fraction of sp³-hybridized carbons (Fsp3) is 0.333. The van der Waals surface area contributed by atoms with E-state index in [0.29, 0.717) is 0 Å². The molecule has 12 heavy (non-hydrogen) atoms. The lowest BCUT2D eigenvalue weighted by molar-refractivity contribution is 0.559. The Balaban J connectivity index is -0.000000101. The topological polar surface area (TPSA) is 92.5 Å². The van der Waals surface area contributed by atoms with E-state index in [1.807, 2.05) is 6.08 Å². The molecular weight excluding hydrogens is 196 g/mol. The Morgan fingerprint density at radius 1 is 1.33 bits per heavy atom. The van der Waals surface area contributed by atoms with Gasteiger partial charge in [0.05, 0.1) is 0 Å². The van der Waals surface area contributed by atoms with Gasteiger partial charge in [0.25, 0.3) is 10.3 Å². The van der Waals surface area contributed by atoms with Gasteiger partial charge in [-0.2, -0.15) is 0 Å². The summed E-state index contributed by atoms with van der Waals surface area (Å²) in [5, 5.41) is 14.1. The first-order valence-electron chi connectivity index (χ1n) is 2.96. The van der Waals surface area contributed by atoms with Gasteiger partial charge in [-0.3, -0.25) is 0 Å². The van der Waals surface area contributed by atoms with Crippen LogP contribution in [0.3, 0.4) is 0 Å². The molecule has 0 bridgehead atoms. The summed E-state index contributed by atoms with van der Waals surface area (Å²) in [6, 6.07) is 0. The molecule has 0 aliphatic carbocycles. The van der Waals surface area contributed by atoms with Crippen molar-refractivity contribution >= 4 is 34.8 Å². The zero-order valence-electron chi connectivity index (χ0n) is 6.86. The third-order valence-corrected chi connectivity index (χ3v) is 0.289. The maximum Gasteiger partial charge on any atom is 0.251 e. The van der Waals surface area contributed by atoms with Crippen LogP contribution in [0.2, 0.25) is 0 Å². The summed E-state index contributed by atoms with van der Waals surface area (Å²) < 4.78 is 0. The standard InChI is InChI=1S/C4H8.2CH3NOS/c1-3-4-2;2*2-1(3)4/h3H,1,4H2,2H3;2*(H3,2,3,4). The van der Waals surface area contributed by atoms with E-state index < -0.39 is 10.3 Å². The third kappa shape index (κ3) is 41800. The molecule has 0 spiro atoms. The lowest BCUT2D eigenvalue weighted by Gasteiger charge is -1.67. The minimum Gasteiger partial charge on any atom is -0.487 e. The molecule has 0 aliphatic heterocycles. The van der Waals surface area contributed by atoms with Gasteiger partial charge in [0.15, 0.2) is 0 Å². The molecule has 0 fully saturated rings. The molecule has 0 heterocycles. The van der Waals surface area contributed by atoms with Crippen LogP contribution >= 0.6 is 24.4 Å². The van der Waals surface area contributed by atoms with Crippen molar-refractivity contribution in [2.24, 2.45) is 11.5 Å². The van der Waals surface area contributed by atoms with Crippen LogP contribution in [0.15, 0.2) is 12.7 Å². The molecule has 0 aromatic rings. The van der Waals surface area contributed by atoms with Gasteiger partial charge in [-0.1, -0.05) is 13.0 Å². The molecule has 0 amide bonds. The minimum atomic E-state index is -0.500. The van der Waals surface area contributed by atoms with Crippen LogP contribution in [0.25, 0.3) is 0 Å². The molecule has 6 N–H and O–H groups in total. The van der Waals surface area contributed by atoms with Crippen LogP contribution in [0.4, 0.5) is 0 Å². The number of hydrogen-bond donors (Lipinski definition) is 4. The molecule has 0 radical (unpaired) electrons. The van der Waals surface area contributed by atoms with Gasteiger partial charge in [0, 0.05) is 0 Å². The number of hydrogen-bond acceptors (Lipinski definition) is 2. The number of thiocarbonyl (C=S) groups is 2. The van der Waals surface area contributed by atoms with E-state index in [0.717, 1.165) is 6.42 Å². The second-order valence-electron chi connectivity index (χ2n) is 1.37. The van der Waals surface area contributed by atoms with Gasteiger partial charge in [-0.15, -0.1) is 6.58 Å². The van der Waals surface area contributed by atoms with Crippen LogP contribution in [-0.2, 0) is 0 Å². The molecule has 6 heteroatoms. The number of allylic oxidation sites excluding steroid dienone is 1. The Kier molecular flexibility index (Phi) is 23.9. The molecule has 0 rings (SSSR count). The van der Waals surface area contributed by atoms with Crippen molar-refractivity contribution in [3.05, 3.63) is 12.7 Å². The fourth-order valence-electron chi connectivity index (χ4n) is 0. The van der Waals surface area contributed by atoms with Gasteiger partial charge >= 0.3 is 0 Å². The van der Waals surface area contributed by atoms with Gasteiger partial charge in [0.1, 0.15) is 0 Å². The first kappa shape index (κ1) is 17.3. The van der Waals surface area contributed by atoms with Crippen molar-refractivity contribution < 1.29 is 10.2 Å². The summed E-state index contributed by atoms with van der Waals surface area (Å²) in [5.41, 5.74) is 8.80. The van der Waals surface area contributed by atoms with Crippen LogP contribution in [0, 0.1) is 0 Å². The summed E-state index contributed by atoms with van der Waals surface area (Å²) in [6.07, 6.45) is 2.96. The van der Waals surface area contributed by atoms with E-state index in [9.17, 15) is 0 Å². The second-order valence-corrected chi connectivity index (χ2v) is 2.21. The molecule has 0 atom stereocenters. The third-order valence-electron chi connectivity index (χ3n) is 0.289.